The van der Waals surface area contributed by atoms with Crippen LogP contribution in [0.3, 0.4) is 0 Å². The molecule has 21 heavy (non-hydrogen) atoms. The van der Waals surface area contributed by atoms with Gasteiger partial charge in [-0.25, -0.2) is 17.9 Å². The van der Waals surface area contributed by atoms with Crippen LogP contribution in [0.15, 0.2) is 39.7 Å². The van der Waals surface area contributed by atoms with E-state index in [0.29, 0.717) is 4.88 Å². The van der Waals surface area contributed by atoms with E-state index in [1.54, 1.807) is 13.0 Å². The molecule has 5 nitrogen and oxygen atoms in total. The van der Waals surface area contributed by atoms with Crippen molar-refractivity contribution >= 4 is 43.3 Å². The van der Waals surface area contributed by atoms with Crippen LogP contribution in [0.1, 0.15) is 20.1 Å². The zero-order valence-corrected chi connectivity index (χ0v) is 14.2. The van der Waals surface area contributed by atoms with Gasteiger partial charge in [-0.05, 0) is 30.7 Å². The molecule has 0 spiro atoms. The first-order valence-corrected chi connectivity index (χ1v) is 8.97. The van der Waals surface area contributed by atoms with Crippen molar-refractivity contribution in [3.05, 3.63) is 50.1 Å². The van der Waals surface area contributed by atoms with Gasteiger partial charge in [0.1, 0.15) is 4.88 Å². The maximum Gasteiger partial charge on any atom is 0.345 e. The number of carbonyl (C=O) groups is 1. The molecule has 0 atom stereocenters. The highest BCUT2D eigenvalue weighted by Gasteiger charge is 2.21. The predicted octanol–water partition coefficient (Wildman–Crippen LogP) is 3.00. The molecule has 0 aliphatic carbocycles. The fourth-order valence-electron chi connectivity index (χ4n) is 1.74. The number of nitrogens with one attached hydrogen (secondary N) is 1. The molecular formula is C13H12BrNO4S2. The first-order valence-electron chi connectivity index (χ1n) is 5.87. The Kier molecular flexibility index (Phi) is 4.82. The van der Waals surface area contributed by atoms with Crippen molar-refractivity contribution in [2.24, 2.45) is 0 Å². The number of sulfonamides is 1. The average molecular weight is 390 g/mol. The molecule has 1 heterocycles. The van der Waals surface area contributed by atoms with Crippen LogP contribution in [0.25, 0.3) is 0 Å². The summed E-state index contributed by atoms with van der Waals surface area (Å²) >= 11 is 4.26. The normalized spacial score (nSPS) is 11.5. The smallest absolute Gasteiger partial charge is 0.345 e. The largest absolute Gasteiger partial charge is 0.477 e. The van der Waals surface area contributed by atoms with E-state index < -0.39 is 16.0 Å². The Morgan fingerprint density at radius 2 is 2.10 bits per heavy atom. The standard InChI is InChI=1S/C13H12BrNO4S2/c1-8-12(6-11(20-8)13(16)17)21(18,19)15-7-9-3-2-4-10(14)5-9/h2-6,15H,7H2,1H3,(H,16,17). The summed E-state index contributed by atoms with van der Waals surface area (Å²) in [6.45, 7) is 1.73. The Bertz CT molecular complexity index is 783. The highest BCUT2D eigenvalue weighted by Crippen LogP contribution is 2.25. The highest BCUT2D eigenvalue weighted by atomic mass is 79.9. The summed E-state index contributed by atoms with van der Waals surface area (Å²) in [4.78, 5) is 11.4. The molecule has 0 aliphatic rings. The molecule has 0 aliphatic heterocycles. The third kappa shape index (κ3) is 3.91. The van der Waals surface area contributed by atoms with Crippen LogP contribution in [0, 0.1) is 6.92 Å². The van der Waals surface area contributed by atoms with Crippen molar-refractivity contribution in [2.45, 2.75) is 18.4 Å². The van der Waals surface area contributed by atoms with Gasteiger partial charge in [-0.1, -0.05) is 28.1 Å². The van der Waals surface area contributed by atoms with Crippen molar-refractivity contribution in [2.75, 3.05) is 0 Å². The summed E-state index contributed by atoms with van der Waals surface area (Å²) in [5.41, 5.74) is 0.805. The first-order chi connectivity index (χ1) is 9.79. The summed E-state index contributed by atoms with van der Waals surface area (Å²) in [7, 11) is -3.73. The van der Waals surface area contributed by atoms with Gasteiger partial charge in [0.05, 0.1) is 4.90 Å². The number of aromatic carboxylic acids is 1. The lowest BCUT2D eigenvalue weighted by atomic mass is 10.2. The zero-order valence-electron chi connectivity index (χ0n) is 11.0. The first kappa shape index (κ1) is 16.2. The molecule has 2 aromatic rings. The average Bonchev–Trinajstić information content (AvgIpc) is 2.80. The molecular weight excluding hydrogens is 378 g/mol. The lowest BCUT2D eigenvalue weighted by Gasteiger charge is -2.06. The fourth-order valence-corrected chi connectivity index (χ4v) is 4.63. The van der Waals surface area contributed by atoms with Crippen LogP contribution in [0.2, 0.25) is 0 Å². The third-order valence-electron chi connectivity index (χ3n) is 2.73. The van der Waals surface area contributed by atoms with Crippen LogP contribution < -0.4 is 4.72 Å². The van der Waals surface area contributed by atoms with Gasteiger partial charge in [0.25, 0.3) is 0 Å². The van der Waals surface area contributed by atoms with E-state index in [0.717, 1.165) is 21.4 Å². The van der Waals surface area contributed by atoms with Crippen molar-refractivity contribution in [3.8, 4) is 0 Å². The predicted molar refractivity (Wildman–Crippen MR) is 84.2 cm³/mol. The lowest BCUT2D eigenvalue weighted by molar-refractivity contribution is 0.0702. The number of thiophene rings is 1. The van der Waals surface area contributed by atoms with E-state index in [2.05, 4.69) is 20.7 Å². The molecule has 0 fully saturated rings. The number of hydrogen-bond donors (Lipinski definition) is 2. The minimum absolute atomic E-state index is 0.00957. The maximum atomic E-state index is 12.2. The van der Waals surface area contributed by atoms with Crippen molar-refractivity contribution in [1.82, 2.24) is 4.72 Å². The zero-order chi connectivity index (χ0) is 15.6. The van der Waals surface area contributed by atoms with E-state index >= 15 is 0 Å². The quantitative estimate of drug-likeness (QED) is 0.822. The lowest BCUT2D eigenvalue weighted by Crippen LogP contribution is -2.23. The highest BCUT2D eigenvalue weighted by molar-refractivity contribution is 9.10. The Morgan fingerprint density at radius 1 is 1.38 bits per heavy atom. The van der Waals surface area contributed by atoms with E-state index in [9.17, 15) is 13.2 Å². The van der Waals surface area contributed by atoms with E-state index in [4.69, 9.17) is 5.11 Å². The SMILES string of the molecule is Cc1sc(C(=O)O)cc1S(=O)(=O)NCc1cccc(Br)c1. The summed E-state index contributed by atoms with van der Waals surface area (Å²) in [6.07, 6.45) is 0. The minimum Gasteiger partial charge on any atom is -0.477 e. The van der Waals surface area contributed by atoms with Gasteiger partial charge in [-0.2, -0.15) is 0 Å². The topological polar surface area (TPSA) is 83.5 Å². The second-order valence-corrected chi connectivity index (χ2v) is 8.20. The molecule has 8 heteroatoms. The summed E-state index contributed by atoms with van der Waals surface area (Å²) in [6, 6.07) is 8.46. The van der Waals surface area contributed by atoms with Crippen molar-refractivity contribution < 1.29 is 18.3 Å². The monoisotopic (exact) mass is 389 g/mol. The van der Waals surface area contributed by atoms with Crippen molar-refractivity contribution in [3.63, 3.8) is 0 Å². The van der Waals surface area contributed by atoms with Crippen LogP contribution in [-0.2, 0) is 16.6 Å². The molecule has 0 amide bonds. The molecule has 2 N–H and O–H groups in total. The molecule has 1 aromatic heterocycles. The van der Waals surface area contributed by atoms with Crippen LogP contribution in [0.5, 0.6) is 0 Å². The van der Waals surface area contributed by atoms with Gasteiger partial charge in [-0.15, -0.1) is 11.3 Å². The number of aryl methyl sites for hydroxylation is 1. The van der Waals surface area contributed by atoms with Crippen LogP contribution >= 0.6 is 27.3 Å². The molecule has 0 bridgehead atoms. The number of carboxylic acids is 1. The van der Waals surface area contributed by atoms with Gasteiger partial charge < -0.3 is 5.11 Å². The summed E-state index contributed by atoms with van der Waals surface area (Å²) in [5, 5.41) is 8.92. The van der Waals surface area contributed by atoms with E-state index in [-0.39, 0.29) is 16.3 Å². The summed E-state index contributed by atoms with van der Waals surface area (Å²) < 4.78 is 27.8. The van der Waals surface area contributed by atoms with Gasteiger partial charge in [0.15, 0.2) is 0 Å². The number of halogens is 1. The van der Waals surface area contributed by atoms with Crippen molar-refractivity contribution in [1.29, 1.82) is 0 Å². The van der Waals surface area contributed by atoms with E-state index in [1.165, 1.54) is 6.07 Å². The second-order valence-electron chi connectivity index (χ2n) is 4.29. The van der Waals surface area contributed by atoms with Gasteiger partial charge in [-0.3, -0.25) is 0 Å². The number of rotatable bonds is 5. The van der Waals surface area contributed by atoms with Crippen LogP contribution in [-0.4, -0.2) is 19.5 Å². The maximum absolute atomic E-state index is 12.2. The summed E-state index contributed by atoms with van der Waals surface area (Å²) in [5.74, 6) is -1.13. The third-order valence-corrected chi connectivity index (χ3v) is 5.92. The minimum atomic E-state index is -3.73. The van der Waals surface area contributed by atoms with Gasteiger partial charge >= 0.3 is 5.97 Å². The Labute approximate surface area is 134 Å². The van der Waals surface area contributed by atoms with E-state index in [1.807, 2.05) is 18.2 Å². The fraction of sp³-hybridized carbons (Fsp3) is 0.154. The molecule has 0 saturated carbocycles. The van der Waals surface area contributed by atoms with Gasteiger partial charge in [0, 0.05) is 15.9 Å². The molecule has 0 saturated heterocycles. The number of hydrogen-bond acceptors (Lipinski definition) is 4. The Balaban J connectivity index is 2.21. The molecule has 0 unspecified atom stereocenters. The Hall–Kier alpha value is -1.22. The Morgan fingerprint density at radius 3 is 2.67 bits per heavy atom. The molecule has 1 aromatic carbocycles. The second kappa shape index (κ2) is 6.27. The van der Waals surface area contributed by atoms with Gasteiger partial charge in [0.2, 0.25) is 10.0 Å². The van der Waals surface area contributed by atoms with Crippen LogP contribution in [0.4, 0.5) is 0 Å². The number of benzene rings is 1. The molecule has 112 valence electrons. The number of carboxylic acid groups (broad SMARTS) is 1. The molecule has 2 rings (SSSR count). The molecule has 0 radical (unpaired) electrons.